The molecule has 0 aromatic carbocycles. The van der Waals surface area contributed by atoms with Crippen molar-refractivity contribution < 1.29 is 24.3 Å². The summed E-state index contributed by atoms with van der Waals surface area (Å²) in [6.07, 6.45) is 20.1. The minimum Gasteiger partial charge on any atom is -0.466 e. The number of aliphatic hydroxyl groups is 1. The summed E-state index contributed by atoms with van der Waals surface area (Å²) < 4.78 is 5.33. The Morgan fingerprint density at radius 3 is 1.67 bits per heavy atom. The number of nitrogens with zero attached hydrogens (tertiary/aromatic N) is 1. The molecular formula is C27H53NO5. The quantitative estimate of drug-likeness (QED) is 0.0903. The number of hydrogen-bond acceptors (Lipinski definition) is 6. The highest BCUT2D eigenvalue weighted by atomic mass is 16.7. The number of aliphatic hydroxyl groups excluding tert-OH is 1. The van der Waals surface area contributed by atoms with Crippen LogP contribution in [0.4, 0.5) is 0 Å². The molecule has 0 aliphatic rings. The van der Waals surface area contributed by atoms with Gasteiger partial charge in [-0.2, -0.15) is 0 Å². The zero-order chi connectivity index (χ0) is 24.4. The van der Waals surface area contributed by atoms with Gasteiger partial charge in [-0.05, 0) is 25.7 Å². The SMILES string of the molecule is CCCCCCCCCCCOC(=O)CCCCCN(CCO)OC(=O)CCCCCCC. The van der Waals surface area contributed by atoms with Gasteiger partial charge in [0.2, 0.25) is 0 Å². The van der Waals surface area contributed by atoms with E-state index in [1.54, 1.807) is 5.06 Å². The van der Waals surface area contributed by atoms with E-state index in [1.165, 1.54) is 57.8 Å². The van der Waals surface area contributed by atoms with E-state index >= 15 is 0 Å². The Balaban J connectivity index is 3.63. The number of rotatable bonds is 25. The Bertz CT molecular complexity index is 444. The minimum atomic E-state index is -0.222. The van der Waals surface area contributed by atoms with Crippen LogP contribution in [-0.4, -0.2) is 48.4 Å². The first-order chi connectivity index (χ1) is 16.1. The molecule has 6 heteroatoms. The van der Waals surface area contributed by atoms with E-state index in [0.29, 0.717) is 32.5 Å². The third-order valence-electron chi connectivity index (χ3n) is 5.86. The van der Waals surface area contributed by atoms with Gasteiger partial charge in [0.05, 0.1) is 19.8 Å². The second-order valence-corrected chi connectivity index (χ2v) is 9.14. The molecule has 6 nitrogen and oxygen atoms in total. The molecule has 0 aromatic heterocycles. The summed E-state index contributed by atoms with van der Waals surface area (Å²) in [4.78, 5) is 29.2. The third-order valence-corrected chi connectivity index (χ3v) is 5.86. The fourth-order valence-corrected chi connectivity index (χ4v) is 3.78. The molecule has 0 spiro atoms. The van der Waals surface area contributed by atoms with Crippen LogP contribution in [0.3, 0.4) is 0 Å². The van der Waals surface area contributed by atoms with Crippen LogP contribution in [0.2, 0.25) is 0 Å². The lowest BCUT2D eigenvalue weighted by atomic mass is 10.1. The van der Waals surface area contributed by atoms with E-state index in [9.17, 15) is 14.7 Å². The topological polar surface area (TPSA) is 76.1 Å². The van der Waals surface area contributed by atoms with Crippen molar-refractivity contribution in [2.45, 2.75) is 136 Å². The smallest absolute Gasteiger partial charge is 0.325 e. The van der Waals surface area contributed by atoms with E-state index in [4.69, 9.17) is 9.57 Å². The first kappa shape index (κ1) is 31.9. The summed E-state index contributed by atoms with van der Waals surface area (Å²) >= 11 is 0. The highest BCUT2D eigenvalue weighted by Gasteiger charge is 2.11. The van der Waals surface area contributed by atoms with Crippen LogP contribution >= 0.6 is 0 Å². The number of carbonyl (C=O) groups is 2. The Morgan fingerprint density at radius 1 is 0.606 bits per heavy atom. The molecule has 0 fully saturated rings. The minimum absolute atomic E-state index is 0.0467. The van der Waals surface area contributed by atoms with E-state index in [2.05, 4.69) is 13.8 Å². The van der Waals surface area contributed by atoms with Crippen LogP contribution < -0.4 is 0 Å². The predicted octanol–water partition coefficient (Wildman–Crippen LogP) is 6.73. The molecule has 0 bridgehead atoms. The lowest BCUT2D eigenvalue weighted by Crippen LogP contribution is -2.31. The number of unbranched alkanes of at least 4 members (excludes halogenated alkanes) is 14. The van der Waals surface area contributed by atoms with Crippen LogP contribution in [0.5, 0.6) is 0 Å². The molecule has 0 rings (SSSR count). The van der Waals surface area contributed by atoms with Gasteiger partial charge in [-0.15, -0.1) is 5.06 Å². The largest absolute Gasteiger partial charge is 0.466 e. The molecule has 0 aliphatic heterocycles. The molecule has 33 heavy (non-hydrogen) atoms. The fourth-order valence-electron chi connectivity index (χ4n) is 3.78. The van der Waals surface area contributed by atoms with E-state index in [-0.39, 0.29) is 18.5 Å². The van der Waals surface area contributed by atoms with Gasteiger partial charge in [0, 0.05) is 19.4 Å². The highest BCUT2D eigenvalue weighted by molar-refractivity contribution is 5.69. The summed E-state index contributed by atoms with van der Waals surface area (Å²) in [6, 6.07) is 0. The summed E-state index contributed by atoms with van der Waals surface area (Å²) in [5.41, 5.74) is 0. The second kappa shape index (κ2) is 25.5. The van der Waals surface area contributed by atoms with Crippen molar-refractivity contribution in [1.29, 1.82) is 0 Å². The van der Waals surface area contributed by atoms with Gasteiger partial charge < -0.3 is 14.7 Å². The van der Waals surface area contributed by atoms with Crippen LogP contribution in [0, 0.1) is 0 Å². The normalized spacial score (nSPS) is 11.2. The van der Waals surface area contributed by atoms with Gasteiger partial charge >= 0.3 is 11.9 Å². The van der Waals surface area contributed by atoms with Crippen molar-refractivity contribution in [3.05, 3.63) is 0 Å². The lowest BCUT2D eigenvalue weighted by molar-refractivity contribution is -0.192. The molecule has 0 aliphatic carbocycles. The van der Waals surface area contributed by atoms with Gasteiger partial charge in [0.25, 0.3) is 0 Å². The zero-order valence-electron chi connectivity index (χ0n) is 21.8. The number of hydrogen-bond donors (Lipinski definition) is 1. The van der Waals surface area contributed by atoms with Gasteiger partial charge in [-0.1, -0.05) is 97.3 Å². The van der Waals surface area contributed by atoms with Crippen molar-refractivity contribution in [2.24, 2.45) is 0 Å². The molecule has 0 unspecified atom stereocenters. The first-order valence-electron chi connectivity index (χ1n) is 13.9. The molecule has 0 aromatic rings. The molecule has 0 heterocycles. The van der Waals surface area contributed by atoms with Gasteiger partial charge in [-0.3, -0.25) is 9.59 Å². The predicted molar refractivity (Wildman–Crippen MR) is 135 cm³/mol. The van der Waals surface area contributed by atoms with Crippen LogP contribution in [-0.2, 0) is 19.2 Å². The van der Waals surface area contributed by atoms with Crippen LogP contribution in [0.1, 0.15) is 136 Å². The average Bonchev–Trinajstić information content (AvgIpc) is 2.80. The summed E-state index contributed by atoms with van der Waals surface area (Å²) in [5.74, 6) is -0.337. The standard InChI is InChI=1S/C27H53NO5/c1-3-5-7-9-10-11-12-14-19-25-32-26(30)20-17-15-18-22-28(23-24-29)33-27(31)21-16-13-8-6-4-2/h29H,3-25H2,1-2H3. The molecular weight excluding hydrogens is 418 g/mol. The maximum absolute atomic E-state index is 12.0. The Morgan fingerprint density at radius 2 is 1.09 bits per heavy atom. The Kier molecular flexibility index (Phi) is 24.6. The lowest BCUT2D eigenvalue weighted by Gasteiger charge is -2.20. The monoisotopic (exact) mass is 471 g/mol. The molecule has 196 valence electrons. The Labute approximate surface area is 203 Å². The van der Waals surface area contributed by atoms with E-state index in [0.717, 1.165) is 51.4 Å². The highest BCUT2D eigenvalue weighted by Crippen LogP contribution is 2.11. The van der Waals surface area contributed by atoms with Crippen molar-refractivity contribution >= 4 is 11.9 Å². The number of esters is 1. The van der Waals surface area contributed by atoms with E-state index < -0.39 is 0 Å². The Hall–Kier alpha value is -1.14. The maximum Gasteiger partial charge on any atom is 0.325 e. The summed E-state index contributed by atoms with van der Waals surface area (Å²) in [5, 5.41) is 10.8. The maximum atomic E-state index is 12.0. The number of carbonyl (C=O) groups excluding carboxylic acids is 2. The van der Waals surface area contributed by atoms with Crippen LogP contribution in [0.15, 0.2) is 0 Å². The zero-order valence-corrected chi connectivity index (χ0v) is 21.8. The average molecular weight is 472 g/mol. The van der Waals surface area contributed by atoms with Gasteiger partial charge in [-0.25, -0.2) is 0 Å². The van der Waals surface area contributed by atoms with Gasteiger partial charge in [0.1, 0.15) is 0 Å². The number of ether oxygens (including phenoxy) is 1. The summed E-state index contributed by atoms with van der Waals surface area (Å²) in [7, 11) is 0. The molecule has 0 radical (unpaired) electrons. The van der Waals surface area contributed by atoms with Crippen LogP contribution in [0.25, 0.3) is 0 Å². The van der Waals surface area contributed by atoms with Crippen molar-refractivity contribution in [3.63, 3.8) is 0 Å². The number of hydroxylamine groups is 2. The molecule has 0 atom stereocenters. The third kappa shape index (κ3) is 23.8. The molecule has 1 N–H and O–H groups in total. The van der Waals surface area contributed by atoms with E-state index in [1.807, 2.05) is 0 Å². The van der Waals surface area contributed by atoms with Gasteiger partial charge in [0.15, 0.2) is 0 Å². The van der Waals surface area contributed by atoms with Crippen molar-refractivity contribution in [1.82, 2.24) is 5.06 Å². The fraction of sp³-hybridized carbons (Fsp3) is 0.926. The molecule has 0 saturated carbocycles. The van der Waals surface area contributed by atoms with Crippen molar-refractivity contribution in [2.75, 3.05) is 26.3 Å². The first-order valence-corrected chi connectivity index (χ1v) is 13.9. The molecule has 0 saturated heterocycles. The van der Waals surface area contributed by atoms with Crippen molar-refractivity contribution in [3.8, 4) is 0 Å². The molecule has 0 amide bonds. The summed E-state index contributed by atoms with van der Waals surface area (Å²) in [6.45, 7) is 5.80. The second-order valence-electron chi connectivity index (χ2n) is 9.14.